The predicted octanol–water partition coefficient (Wildman–Crippen LogP) is 5.08. The minimum Gasteiger partial charge on any atom is -0.407 e. The van der Waals surface area contributed by atoms with Crippen molar-refractivity contribution in [2.45, 2.75) is 51.2 Å². The van der Waals surface area contributed by atoms with E-state index in [1.807, 2.05) is 25.1 Å². The minimum atomic E-state index is -2.58. The highest BCUT2D eigenvalue weighted by Crippen LogP contribution is 2.37. The fourth-order valence-electron chi connectivity index (χ4n) is 4.13. The molecular formula is C26H36O2Si. The molecule has 0 bridgehead atoms. The van der Waals surface area contributed by atoms with Gasteiger partial charge >= 0.3 is 0 Å². The molecule has 0 spiro atoms. The number of aliphatic hydroxyl groups is 1. The van der Waals surface area contributed by atoms with Gasteiger partial charge in [0.15, 0.2) is 0 Å². The summed E-state index contributed by atoms with van der Waals surface area (Å²) >= 11 is 0. The van der Waals surface area contributed by atoms with Crippen LogP contribution in [0.4, 0.5) is 0 Å². The van der Waals surface area contributed by atoms with Gasteiger partial charge in [-0.3, -0.25) is 0 Å². The molecule has 0 aliphatic carbocycles. The summed E-state index contributed by atoms with van der Waals surface area (Å²) in [4.78, 5) is 0. The van der Waals surface area contributed by atoms with Crippen molar-refractivity contribution in [3.8, 4) is 0 Å². The molecule has 0 saturated heterocycles. The highest BCUT2D eigenvalue weighted by Gasteiger charge is 2.50. The first-order valence-corrected chi connectivity index (χ1v) is 12.3. The van der Waals surface area contributed by atoms with Gasteiger partial charge in [-0.2, -0.15) is 0 Å². The van der Waals surface area contributed by atoms with Gasteiger partial charge in [0.2, 0.25) is 0 Å². The molecule has 1 N–H and O–H groups in total. The van der Waals surface area contributed by atoms with Gasteiger partial charge in [0.05, 0.1) is 5.60 Å². The van der Waals surface area contributed by atoms with Crippen molar-refractivity contribution in [3.63, 3.8) is 0 Å². The van der Waals surface area contributed by atoms with E-state index in [9.17, 15) is 5.11 Å². The molecule has 0 heterocycles. The molecule has 3 heteroatoms. The van der Waals surface area contributed by atoms with Crippen molar-refractivity contribution >= 4 is 18.7 Å². The van der Waals surface area contributed by atoms with E-state index in [-0.39, 0.29) is 11.0 Å². The van der Waals surface area contributed by atoms with Crippen LogP contribution in [0.2, 0.25) is 5.04 Å². The first kappa shape index (κ1) is 23.3. The lowest BCUT2D eigenvalue weighted by Crippen LogP contribution is -2.66. The molecule has 2 nitrogen and oxygen atoms in total. The molecule has 0 aliphatic rings. The number of allylic oxidation sites excluding steroid dienone is 1. The van der Waals surface area contributed by atoms with E-state index in [0.717, 1.165) is 6.42 Å². The van der Waals surface area contributed by atoms with Crippen molar-refractivity contribution in [1.29, 1.82) is 0 Å². The molecule has 0 aliphatic heterocycles. The fourth-order valence-corrected chi connectivity index (χ4v) is 8.70. The smallest absolute Gasteiger partial charge is 0.261 e. The van der Waals surface area contributed by atoms with Crippen LogP contribution in [0.1, 0.15) is 40.5 Å². The predicted molar refractivity (Wildman–Crippen MR) is 127 cm³/mol. The van der Waals surface area contributed by atoms with Crippen LogP contribution in [0.3, 0.4) is 0 Å². The molecule has 156 valence electrons. The van der Waals surface area contributed by atoms with Crippen LogP contribution in [-0.2, 0) is 4.43 Å². The lowest BCUT2D eigenvalue weighted by molar-refractivity contribution is 0.0159. The zero-order valence-corrected chi connectivity index (χ0v) is 19.4. The van der Waals surface area contributed by atoms with Crippen molar-refractivity contribution in [2.24, 2.45) is 5.92 Å². The van der Waals surface area contributed by atoms with Gasteiger partial charge in [-0.25, -0.2) is 0 Å². The van der Waals surface area contributed by atoms with E-state index in [0.29, 0.717) is 13.0 Å². The van der Waals surface area contributed by atoms with Crippen LogP contribution in [-0.4, -0.2) is 25.6 Å². The van der Waals surface area contributed by atoms with Gasteiger partial charge in [-0.05, 0) is 27.8 Å². The monoisotopic (exact) mass is 408 g/mol. The van der Waals surface area contributed by atoms with E-state index in [1.54, 1.807) is 6.08 Å². The lowest BCUT2D eigenvalue weighted by atomic mass is 9.84. The molecule has 2 aromatic carbocycles. The van der Waals surface area contributed by atoms with Crippen molar-refractivity contribution in [2.75, 3.05) is 6.61 Å². The normalized spacial score (nSPS) is 15.3. The fraction of sp³-hybridized carbons (Fsp3) is 0.385. The molecule has 29 heavy (non-hydrogen) atoms. The maximum atomic E-state index is 11.1. The Morgan fingerprint density at radius 1 is 0.966 bits per heavy atom. The van der Waals surface area contributed by atoms with Gasteiger partial charge in [0.25, 0.3) is 8.32 Å². The highest BCUT2D eigenvalue weighted by atomic mass is 28.4. The van der Waals surface area contributed by atoms with Gasteiger partial charge in [-0.15, -0.1) is 13.2 Å². The Bertz CT molecular complexity index is 740. The van der Waals surface area contributed by atoms with E-state index in [2.05, 4.69) is 82.5 Å². The van der Waals surface area contributed by atoms with Crippen LogP contribution in [0, 0.1) is 5.92 Å². The largest absolute Gasteiger partial charge is 0.407 e. The second-order valence-electron chi connectivity index (χ2n) is 8.88. The average molecular weight is 409 g/mol. The number of hydrogen-bond acceptors (Lipinski definition) is 2. The topological polar surface area (TPSA) is 29.5 Å². The third kappa shape index (κ3) is 4.97. The summed E-state index contributed by atoms with van der Waals surface area (Å²) in [5.74, 6) is 0.0419. The second kappa shape index (κ2) is 9.71. The molecule has 0 radical (unpaired) electrons. The standard InChI is InChI=1S/C26H36O2Si/c1-7-15-22(3)26(27,8-2)20-21-28-29(25(4,5)6,23-16-11-9-12-17-23)24-18-13-10-14-19-24/h7-14,16-19,22,27H,1-2,15,20-21H2,3-6H3. The molecule has 2 unspecified atom stereocenters. The Morgan fingerprint density at radius 3 is 1.83 bits per heavy atom. The Hall–Kier alpha value is -1.94. The zero-order valence-electron chi connectivity index (χ0n) is 18.4. The SMILES string of the molecule is C=CCC(C)C(O)(C=C)CCO[Si](c1ccccc1)(c1ccccc1)C(C)(C)C. The summed E-state index contributed by atoms with van der Waals surface area (Å²) in [5.41, 5.74) is -0.973. The molecule has 2 aromatic rings. The number of hydrogen-bond donors (Lipinski definition) is 1. The first-order chi connectivity index (χ1) is 13.7. The average Bonchev–Trinajstić information content (AvgIpc) is 2.71. The van der Waals surface area contributed by atoms with Crippen LogP contribution in [0.25, 0.3) is 0 Å². The summed E-state index contributed by atoms with van der Waals surface area (Å²) in [7, 11) is -2.58. The zero-order chi connectivity index (χ0) is 21.5. The third-order valence-electron chi connectivity index (χ3n) is 5.96. The van der Waals surface area contributed by atoms with E-state index in [1.165, 1.54) is 10.4 Å². The summed E-state index contributed by atoms with van der Waals surface area (Å²) in [6.07, 6.45) is 4.76. The van der Waals surface area contributed by atoms with Crippen molar-refractivity contribution in [3.05, 3.63) is 86.0 Å². The number of rotatable bonds is 10. The first-order valence-electron chi connectivity index (χ1n) is 10.4. The minimum absolute atomic E-state index is 0.0419. The Morgan fingerprint density at radius 2 is 1.45 bits per heavy atom. The lowest BCUT2D eigenvalue weighted by Gasteiger charge is -2.43. The Labute approximate surface area is 178 Å². The molecule has 0 aromatic heterocycles. The number of benzene rings is 2. The quantitative estimate of drug-likeness (QED) is 0.439. The molecular weight excluding hydrogens is 372 g/mol. The van der Waals surface area contributed by atoms with Gasteiger partial charge < -0.3 is 9.53 Å². The summed E-state index contributed by atoms with van der Waals surface area (Å²) in [5, 5.41) is 13.6. The Kier molecular flexibility index (Phi) is 7.81. The van der Waals surface area contributed by atoms with E-state index >= 15 is 0 Å². The highest BCUT2D eigenvalue weighted by molar-refractivity contribution is 6.99. The maximum absolute atomic E-state index is 11.1. The molecule has 0 saturated carbocycles. The van der Waals surface area contributed by atoms with Crippen LogP contribution in [0.15, 0.2) is 86.0 Å². The molecule has 0 fully saturated rings. The van der Waals surface area contributed by atoms with Crippen LogP contribution >= 0.6 is 0 Å². The summed E-state index contributed by atoms with van der Waals surface area (Å²) in [6.45, 7) is 17.0. The maximum Gasteiger partial charge on any atom is 0.261 e. The molecule has 0 amide bonds. The van der Waals surface area contributed by atoms with Crippen LogP contribution < -0.4 is 10.4 Å². The van der Waals surface area contributed by atoms with Crippen molar-refractivity contribution < 1.29 is 9.53 Å². The van der Waals surface area contributed by atoms with E-state index < -0.39 is 13.9 Å². The summed E-state index contributed by atoms with van der Waals surface area (Å²) in [6, 6.07) is 21.2. The second-order valence-corrected chi connectivity index (χ2v) is 13.2. The van der Waals surface area contributed by atoms with E-state index in [4.69, 9.17) is 4.43 Å². The van der Waals surface area contributed by atoms with Gasteiger partial charge in [0, 0.05) is 13.0 Å². The van der Waals surface area contributed by atoms with Gasteiger partial charge in [0.1, 0.15) is 0 Å². The van der Waals surface area contributed by atoms with Crippen molar-refractivity contribution in [1.82, 2.24) is 0 Å². The molecule has 2 rings (SSSR count). The third-order valence-corrected chi connectivity index (χ3v) is 11.0. The Balaban J connectivity index is 2.44. The summed E-state index contributed by atoms with van der Waals surface area (Å²) < 4.78 is 6.90. The van der Waals surface area contributed by atoms with Gasteiger partial charge in [-0.1, -0.05) is 101 Å². The van der Waals surface area contributed by atoms with Crippen LogP contribution in [0.5, 0.6) is 0 Å². The molecule has 2 atom stereocenters.